The van der Waals surface area contributed by atoms with E-state index < -0.39 is 6.09 Å². The van der Waals surface area contributed by atoms with Crippen molar-refractivity contribution in [2.75, 3.05) is 20.8 Å². The van der Waals surface area contributed by atoms with Gasteiger partial charge in [-0.25, -0.2) is 4.79 Å². The van der Waals surface area contributed by atoms with Gasteiger partial charge in [-0.15, -0.1) is 0 Å². The van der Waals surface area contributed by atoms with E-state index in [1.807, 2.05) is 0 Å². The Morgan fingerprint density at radius 2 is 1.83 bits per heavy atom. The van der Waals surface area contributed by atoms with E-state index in [-0.39, 0.29) is 5.75 Å². The first-order valence-electron chi connectivity index (χ1n) is 5.89. The van der Waals surface area contributed by atoms with E-state index >= 15 is 0 Å². The minimum absolute atomic E-state index is 0.288. The third-order valence-electron chi connectivity index (χ3n) is 2.38. The van der Waals surface area contributed by atoms with Crippen LogP contribution in [-0.2, 0) is 0 Å². The first kappa shape index (κ1) is 14.2. The number of benzene rings is 1. The van der Waals surface area contributed by atoms with Gasteiger partial charge in [0.1, 0.15) is 0 Å². The van der Waals surface area contributed by atoms with Crippen LogP contribution in [0.2, 0.25) is 0 Å². The molecule has 1 N–H and O–H groups in total. The minimum atomic E-state index is -0.508. The highest BCUT2D eigenvalue weighted by atomic mass is 16.6. The zero-order valence-electron chi connectivity index (χ0n) is 11.0. The predicted octanol–water partition coefficient (Wildman–Crippen LogP) is 2.59. The maximum Gasteiger partial charge on any atom is 0.412 e. The second kappa shape index (κ2) is 7.42. The van der Waals surface area contributed by atoms with Gasteiger partial charge in [0, 0.05) is 6.54 Å². The maximum atomic E-state index is 11.6. The van der Waals surface area contributed by atoms with Gasteiger partial charge in [-0.3, -0.25) is 0 Å². The van der Waals surface area contributed by atoms with Crippen LogP contribution < -0.4 is 19.5 Å². The highest BCUT2D eigenvalue weighted by Gasteiger charge is 2.14. The summed E-state index contributed by atoms with van der Waals surface area (Å²) in [6.45, 7) is 2.64. The Balaban J connectivity index is 2.72. The van der Waals surface area contributed by atoms with Crippen molar-refractivity contribution in [1.82, 2.24) is 5.32 Å². The molecule has 1 rings (SSSR count). The second-order valence-corrected chi connectivity index (χ2v) is 3.66. The normalized spacial score (nSPS) is 9.72. The van der Waals surface area contributed by atoms with Crippen molar-refractivity contribution in [3.8, 4) is 17.2 Å². The van der Waals surface area contributed by atoms with Crippen LogP contribution in [0.4, 0.5) is 4.79 Å². The van der Waals surface area contributed by atoms with E-state index in [0.717, 1.165) is 12.8 Å². The first-order valence-corrected chi connectivity index (χ1v) is 5.89. The van der Waals surface area contributed by atoms with Crippen molar-refractivity contribution < 1.29 is 19.0 Å². The fraction of sp³-hybridized carbons (Fsp3) is 0.462. The Morgan fingerprint density at radius 3 is 2.33 bits per heavy atom. The molecule has 1 aromatic rings. The number of unbranched alkanes of at least 4 members (excludes halogenated alkanes) is 1. The molecule has 5 heteroatoms. The summed E-state index contributed by atoms with van der Waals surface area (Å²) in [6, 6.07) is 5.17. The van der Waals surface area contributed by atoms with Gasteiger partial charge in [-0.05, 0) is 18.6 Å². The molecule has 0 saturated heterocycles. The quantitative estimate of drug-likeness (QED) is 0.792. The van der Waals surface area contributed by atoms with Crippen molar-refractivity contribution in [1.29, 1.82) is 0 Å². The zero-order chi connectivity index (χ0) is 13.4. The van der Waals surface area contributed by atoms with Crippen LogP contribution in [0.1, 0.15) is 19.8 Å². The largest absolute Gasteiger partial charge is 0.493 e. The summed E-state index contributed by atoms with van der Waals surface area (Å²) in [5.74, 6) is 1.21. The van der Waals surface area contributed by atoms with Crippen LogP contribution in [0.5, 0.6) is 17.2 Å². The summed E-state index contributed by atoms with van der Waals surface area (Å²) in [5, 5.41) is 2.66. The molecule has 100 valence electrons. The first-order chi connectivity index (χ1) is 8.72. The number of hydrogen-bond acceptors (Lipinski definition) is 4. The average Bonchev–Trinajstić information content (AvgIpc) is 2.39. The minimum Gasteiger partial charge on any atom is -0.493 e. The predicted molar refractivity (Wildman–Crippen MR) is 68.5 cm³/mol. The molecule has 0 fully saturated rings. The standard InChI is InChI=1S/C13H19NO4/c1-4-5-9-14-13(15)18-12-10(16-2)7-6-8-11(12)17-3/h6-8H,4-5,9H2,1-3H3,(H,14,15). The van der Waals surface area contributed by atoms with E-state index in [9.17, 15) is 4.79 Å². The number of carbonyl (C=O) groups excluding carboxylic acids is 1. The lowest BCUT2D eigenvalue weighted by Crippen LogP contribution is -2.27. The molecule has 0 bridgehead atoms. The lowest BCUT2D eigenvalue weighted by molar-refractivity contribution is 0.196. The van der Waals surface area contributed by atoms with Crippen LogP contribution in [-0.4, -0.2) is 26.9 Å². The molecule has 1 aromatic carbocycles. The molecule has 5 nitrogen and oxygen atoms in total. The number of para-hydroxylation sites is 1. The SMILES string of the molecule is CCCCNC(=O)Oc1c(OC)cccc1OC. The van der Waals surface area contributed by atoms with Gasteiger partial charge in [0.2, 0.25) is 5.75 Å². The summed E-state index contributed by atoms with van der Waals surface area (Å²) in [5.41, 5.74) is 0. The van der Waals surface area contributed by atoms with Gasteiger partial charge < -0.3 is 19.5 Å². The molecule has 18 heavy (non-hydrogen) atoms. The molecule has 0 heterocycles. The Labute approximate surface area is 107 Å². The Morgan fingerprint density at radius 1 is 1.22 bits per heavy atom. The molecule has 0 unspecified atom stereocenters. The molecule has 0 radical (unpaired) electrons. The molecule has 0 saturated carbocycles. The van der Waals surface area contributed by atoms with Crippen LogP contribution >= 0.6 is 0 Å². The second-order valence-electron chi connectivity index (χ2n) is 3.66. The molecule has 0 spiro atoms. The van der Waals surface area contributed by atoms with E-state index in [0.29, 0.717) is 18.0 Å². The Bertz CT molecular complexity index is 370. The topological polar surface area (TPSA) is 56.8 Å². The molecule has 0 aromatic heterocycles. The van der Waals surface area contributed by atoms with Gasteiger partial charge in [0.25, 0.3) is 0 Å². The van der Waals surface area contributed by atoms with Gasteiger partial charge in [0.15, 0.2) is 11.5 Å². The average molecular weight is 253 g/mol. The van der Waals surface area contributed by atoms with Crippen molar-refractivity contribution in [3.05, 3.63) is 18.2 Å². The van der Waals surface area contributed by atoms with Gasteiger partial charge in [-0.1, -0.05) is 19.4 Å². The molecule has 1 amide bonds. The molecular weight excluding hydrogens is 234 g/mol. The number of carbonyl (C=O) groups is 1. The van der Waals surface area contributed by atoms with Crippen molar-refractivity contribution >= 4 is 6.09 Å². The van der Waals surface area contributed by atoms with Crippen LogP contribution in [0.3, 0.4) is 0 Å². The number of amides is 1. The highest BCUT2D eigenvalue weighted by Crippen LogP contribution is 2.36. The summed E-state index contributed by atoms with van der Waals surface area (Å²) in [4.78, 5) is 11.6. The fourth-order valence-electron chi connectivity index (χ4n) is 1.41. The molecular formula is C13H19NO4. The van der Waals surface area contributed by atoms with Crippen molar-refractivity contribution in [2.45, 2.75) is 19.8 Å². The van der Waals surface area contributed by atoms with Crippen molar-refractivity contribution in [3.63, 3.8) is 0 Å². The molecule has 0 atom stereocenters. The Hall–Kier alpha value is -1.91. The monoisotopic (exact) mass is 253 g/mol. The van der Waals surface area contributed by atoms with E-state index in [1.165, 1.54) is 14.2 Å². The van der Waals surface area contributed by atoms with Gasteiger partial charge >= 0.3 is 6.09 Å². The number of hydrogen-bond donors (Lipinski definition) is 1. The van der Waals surface area contributed by atoms with E-state index in [2.05, 4.69) is 12.2 Å². The fourth-order valence-corrected chi connectivity index (χ4v) is 1.41. The summed E-state index contributed by atoms with van der Waals surface area (Å²) < 4.78 is 15.5. The van der Waals surface area contributed by atoms with Crippen LogP contribution in [0.15, 0.2) is 18.2 Å². The van der Waals surface area contributed by atoms with Gasteiger partial charge in [-0.2, -0.15) is 0 Å². The number of nitrogens with one attached hydrogen (secondary N) is 1. The lowest BCUT2D eigenvalue weighted by Gasteiger charge is -2.13. The van der Waals surface area contributed by atoms with Crippen molar-refractivity contribution in [2.24, 2.45) is 0 Å². The zero-order valence-corrected chi connectivity index (χ0v) is 11.0. The third kappa shape index (κ3) is 3.84. The number of ether oxygens (including phenoxy) is 3. The third-order valence-corrected chi connectivity index (χ3v) is 2.38. The number of rotatable bonds is 6. The number of methoxy groups -OCH3 is 2. The summed E-state index contributed by atoms with van der Waals surface area (Å²) >= 11 is 0. The lowest BCUT2D eigenvalue weighted by atomic mass is 10.3. The van der Waals surface area contributed by atoms with Gasteiger partial charge in [0.05, 0.1) is 14.2 Å². The smallest absolute Gasteiger partial charge is 0.412 e. The molecule has 0 aliphatic heterocycles. The highest BCUT2D eigenvalue weighted by molar-refractivity contribution is 5.72. The summed E-state index contributed by atoms with van der Waals surface area (Å²) in [6.07, 6.45) is 1.42. The molecule has 0 aliphatic carbocycles. The summed E-state index contributed by atoms with van der Waals surface area (Å²) in [7, 11) is 3.02. The Kier molecular flexibility index (Phi) is 5.84. The maximum absolute atomic E-state index is 11.6. The van der Waals surface area contributed by atoms with Crippen LogP contribution in [0, 0.1) is 0 Å². The van der Waals surface area contributed by atoms with E-state index in [4.69, 9.17) is 14.2 Å². The van der Waals surface area contributed by atoms with Crippen LogP contribution in [0.25, 0.3) is 0 Å². The van der Waals surface area contributed by atoms with E-state index in [1.54, 1.807) is 18.2 Å². The molecule has 0 aliphatic rings.